The van der Waals surface area contributed by atoms with Gasteiger partial charge in [0.15, 0.2) is 17.6 Å². The summed E-state index contributed by atoms with van der Waals surface area (Å²) in [7, 11) is 0. The van der Waals surface area contributed by atoms with Crippen LogP contribution in [0.5, 0.6) is 0 Å². The van der Waals surface area contributed by atoms with E-state index in [0.717, 1.165) is 12.3 Å². The molecule has 76 valence electrons. The number of aromatic nitrogens is 1. The van der Waals surface area contributed by atoms with E-state index in [-0.39, 0.29) is 5.56 Å². The third-order valence-corrected chi connectivity index (χ3v) is 1.74. The van der Waals surface area contributed by atoms with Crippen LogP contribution in [-0.2, 0) is 0 Å². The van der Waals surface area contributed by atoms with Crippen LogP contribution in [0.15, 0.2) is 12.3 Å². The lowest BCUT2D eigenvalue weighted by Gasteiger charge is -2.11. The van der Waals surface area contributed by atoms with Gasteiger partial charge in [-0.15, -0.1) is 0 Å². The smallest absolute Gasteiger partial charge is 0.176 e. The molecule has 0 amide bonds. The summed E-state index contributed by atoms with van der Waals surface area (Å²) in [6.07, 6.45) is -2.16. The molecule has 1 heterocycles. The fraction of sp³-hybridized carbons (Fsp3) is 0.222. The highest BCUT2D eigenvalue weighted by Gasteiger charge is 2.19. The van der Waals surface area contributed by atoms with Crippen molar-refractivity contribution in [2.24, 2.45) is 0 Å². The maximum atomic E-state index is 13.0. The SMILES string of the molecule is N#Cc1ncc(C(O)C(O)C#N)cc1F. The van der Waals surface area contributed by atoms with E-state index in [4.69, 9.17) is 15.6 Å². The quantitative estimate of drug-likeness (QED) is 0.665. The lowest BCUT2D eigenvalue weighted by molar-refractivity contribution is 0.0523. The molecular weight excluding hydrogens is 201 g/mol. The molecule has 0 aromatic carbocycles. The summed E-state index contributed by atoms with van der Waals surface area (Å²) in [5.74, 6) is -0.904. The highest BCUT2D eigenvalue weighted by Crippen LogP contribution is 2.17. The molecule has 1 rings (SSSR count). The summed E-state index contributed by atoms with van der Waals surface area (Å²) in [5.41, 5.74) is -0.460. The first-order valence-electron chi connectivity index (χ1n) is 3.91. The molecule has 1 aromatic rings. The average molecular weight is 207 g/mol. The Hall–Kier alpha value is -2.02. The summed E-state index contributed by atoms with van der Waals surface area (Å²) in [6.45, 7) is 0. The molecule has 15 heavy (non-hydrogen) atoms. The topological polar surface area (TPSA) is 101 Å². The normalized spacial score (nSPS) is 13.7. The number of aliphatic hydroxyl groups is 2. The van der Waals surface area contributed by atoms with Gasteiger partial charge in [0.25, 0.3) is 0 Å². The summed E-state index contributed by atoms with van der Waals surface area (Å²) in [6, 6.07) is 3.77. The van der Waals surface area contributed by atoms with Gasteiger partial charge in [-0.05, 0) is 6.07 Å². The summed E-state index contributed by atoms with van der Waals surface area (Å²) in [5, 5.41) is 35.0. The minimum absolute atomic E-state index is 0.0550. The lowest BCUT2D eigenvalue weighted by atomic mass is 10.1. The van der Waals surface area contributed by atoms with Crippen LogP contribution in [0.1, 0.15) is 17.4 Å². The summed E-state index contributed by atoms with van der Waals surface area (Å²) in [4.78, 5) is 3.42. The molecular formula is C9H6FN3O2. The van der Waals surface area contributed by atoms with E-state index in [1.165, 1.54) is 12.1 Å². The van der Waals surface area contributed by atoms with Gasteiger partial charge < -0.3 is 10.2 Å². The van der Waals surface area contributed by atoms with Gasteiger partial charge in [0.2, 0.25) is 0 Å². The van der Waals surface area contributed by atoms with Crippen molar-refractivity contribution in [3.05, 3.63) is 29.3 Å². The minimum atomic E-state index is -1.65. The van der Waals surface area contributed by atoms with Gasteiger partial charge >= 0.3 is 0 Å². The Morgan fingerprint density at radius 1 is 1.40 bits per heavy atom. The number of hydrogen-bond donors (Lipinski definition) is 2. The van der Waals surface area contributed by atoms with Crippen molar-refractivity contribution in [3.8, 4) is 12.1 Å². The van der Waals surface area contributed by atoms with Crippen LogP contribution >= 0.6 is 0 Å². The molecule has 0 saturated heterocycles. The molecule has 0 aliphatic rings. The van der Waals surface area contributed by atoms with E-state index in [9.17, 15) is 9.50 Å². The molecule has 0 bridgehead atoms. The van der Waals surface area contributed by atoms with Crippen molar-refractivity contribution in [2.75, 3.05) is 0 Å². The number of halogens is 1. The van der Waals surface area contributed by atoms with Crippen molar-refractivity contribution >= 4 is 0 Å². The molecule has 6 heteroatoms. The second kappa shape index (κ2) is 4.47. The average Bonchev–Trinajstić information content (AvgIpc) is 2.26. The predicted molar refractivity (Wildman–Crippen MR) is 45.5 cm³/mol. The standard InChI is InChI=1S/C9H6FN3O2/c10-6-1-5(4-13-7(6)2-11)9(15)8(14)3-12/h1,4,8-9,14-15H. The van der Waals surface area contributed by atoms with Crippen molar-refractivity contribution in [1.29, 1.82) is 10.5 Å². The van der Waals surface area contributed by atoms with E-state index in [2.05, 4.69) is 4.98 Å². The molecule has 2 unspecified atom stereocenters. The van der Waals surface area contributed by atoms with Crippen LogP contribution in [0.3, 0.4) is 0 Å². The van der Waals surface area contributed by atoms with E-state index >= 15 is 0 Å². The maximum Gasteiger partial charge on any atom is 0.176 e. The molecule has 0 saturated carbocycles. The highest BCUT2D eigenvalue weighted by molar-refractivity contribution is 5.27. The molecule has 0 spiro atoms. The van der Waals surface area contributed by atoms with Crippen LogP contribution in [0, 0.1) is 28.5 Å². The molecule has 0 aliphatic heterocycles. The van der Waals surface area contributed by atoms with Crippen molar-refractivity contribution in [3.63, 3.8) is 0 Å². The third kappa shape index (κ3) is 2.26. The third-order valence-electron chi connectivity index (χ3n) is 1.74. The predicted octanol–water partition coefficient (Wildman–Crippen LogP) is 0.0103. The maximum absolute atomic E-state index is 13.0. The molecule has 5 nitrogen and oxygen atoms in total. The van der Waals surface area contributed by atoms with E-state index < -0.39 is 23.7 Å². The first-order chi connectivity index (χ1) is 7.10. The Bertz CT molecular complexity index is 450. The number of hydrogen-bond acceptors (Lipinski definition) is 5. The second-order valence-corrected chi connectivity index (χ2v) is 2.73. The van der Waals surface area contributed by atoms with Gasteiger partial charge in [-0.2, -0.15) is 10.5 Å². The van der Waals surface area contributed by atoms with Gasteiger partial charge in [0.1, 0.15) is 12.2 Å². The van der Waals surface area contributed by atoms with Gasteiger partial charge in [-0.3, -0.25) is 0 Å². The lowest BCUT2D eigenvalue weighted by Crippen LogP contribution is -2.16. The van der Waals surface area contributed by atoms with Crippen LogP contribution in [0.2, 0.25) is 0 Å². The fourth-order valence-corrected chi connectivity index (χ4v) is 0.950. The zero-order valence-electron chi connectivity index (χ0n) is 7.42. The summed E-state index contributed by atoms with van der Waals surface area (Å²) < 4.78 is 13.0. The van der Waals surface area contributed by atoms with E-state index in [1.807, 2.05) is 0 Å². The molecule has 1 aromatic heterocycles. The number of rotatable bonds is 2. The Kier molecular flexibility index (Phi) is 3.29. The van der Waals surface area contributed by atoms with Crippen LogP contribution in [0.25, 0.3) is 0 Å². The largest absolute Gasteiger partial charge is 0.384 e. The van der Waals surface area contributed by atoms with E-state index in [1.54, 1.807) is 0 Å². The number of nitriles is 2. The zero-order chi connectivity index (χ0) is 11.4. The zero-order valence-corrected chi connectivity index (χ0v) is 7.42. The van der Waals surface area contributed by atoms with Crippen LogP contribution < -0.4 is 0 Å². The van der Waals surface area contributed by atoms with Crippen LogP contribution in [-0.4, -0.2) is 21.3 Å². The van der Waals surface area contributed by atoms with Crippen molar-refractivity contribution < 1.29 is 14.6 Å². The monoisotopic (exact) mass is 207 g/mol. The Balaban J connectivity index is 3.05. The number of aliphatic hydroxyl groups excluding tert-OH is 2. The van der Waals surface area contributed by atoms with Crippen molar-refractivity contribution in [2.45, 2.75) is 12.2 Å². The number of nitrogens with zero attached hydrogens (tertiary/aromatic N) is 3. The Morgan fingerprint density at radius 3 is 2.53 bits per heavy atom. The Labute approximate surface area is 84.6 Å². The molecule has 0 fully saturated rings. The molecule has 0 radical (unpaired) electrons. The van der Waals surface area contributed by atoms with Gasteiger partial charge in [0, 0.05) is 11.8 Å². The first kappa shape index (κ1) is 11.1. The van der Waals surface area contributed by atoms with E-state index in [0.29, 0.717) is 0 Å². The number of pyridine rings is 1. The molecule has 2 atom stereocenters. The molecule has 0 aliphatic carbocycles. The summed E-state index contributed by atoms with van der Waals surface area (Å²) >= 11 is 0. The minimum Gasteiger partial charge on any atom is -0.384 e. The Morgan fingerprint density at radius 2 is 2.07 bits per heavy atom. The fourth-order valence-electron chi connectivity index (χ4n) is 0.950. The van der Waals surface area contributed by atoms with Gasteiger partial charge in [-0.1, -0.05) is 0 Å². The first-order valence-corrected chi connectivity index (χ1v) is 3.91. The van der Waals surface area contributed by atoms with Gasteiger partial charge in [0.05, 0.1) is 6.07 Å². The van der Waals surface area contributed by atoms with Crippen molar-refractivity contribution in [1.82, 2.24) is 4.98 Å². The van der Waals surface area contributed by atoms with Gasteiger partial charge in [-0.25, -0.2) is 9.37 Å². The van der Waals surface area contributed by atoms with Crippen LogP contribution in [0.4, 0.5) is 4.39 Å². The highest BCUT2D eigenvalue weighted by atomic mass is 19.1. The second-order valence-electron chi connectivity index (χ2n) is 2.73. The molecule has 2 N–H and O–H groups in total.